The van der Waals surface area contributed by atoms with Gasteiger partial charge in [0.05, 0.1) is 17.1 Å². The molecule has 0 unspecified atom stereocenters. The molecule has 4 rings (SSSR count). The Morgan fingerprint density at radius 2 is 1.66 bits per heavy atom. The Kier molecular flexibility index (Phi) is 4.92. The first-order chi connectivity index (χ1) is 14.0. The van der Waals surface area contributed by atoms with Crippen molar-refractivity contribution in [1.29, 1.82) is 0 Å². The topological polar surface area (TPSA) is 110 Å². The first kappa shape index (κ1) is 18.6. The molecule has 7 nitrogen and oxygen atoms in total. The molecule has 0 saturated heterocycles. The second kappa shape index (κ2) is 7.69. The predicted octanol–water partition coefficient (Wildman–Crippen LogP) is 4.15. The number of amides is 2. The summed E-state index contributed by atoms with van der Waals surface area (Å²) < 4.78 is 0. The molecular weight excluding hydrogens is 386 g/mol. The molecule has 144 valence electrons. The molecular formula is C21H17N5O2S. The Labute approximate surface area is 170 Å². The van der Waals surface area contributed by atoms with Crippen LogP contribution in [0.2, 0.25) is 0 Å². The molecule has 0 atom stereocenters. The first-order valence-corrected chi connectivity index (χ1v) is 9.62. The van der Waals surface area contributed by atoms with Gasteiger partial charge >= 0.3 is 0 Å². The van der Waals surface area contributed by atoms with Crippen molar-refractivity contribution < 1.29 is 9.59 Å². The quantitative estimate of drug-likeness (QED) is 0.474. The molecule has 0 aliphatic rings. The van der Waals surface area contributed by atoms with Crippen molar-refractivity contribution >= 4 is 50.4 Å². The third-order valence-corrected chi connectivity index (χ3v) is 5.30. The maximum absolute atomic E-state index is 12.7. The average Bonchev–Trinajstić information content (AvgIpc) is 3.06. The molecule has 3 aromatic heterocycles. The SMILES string of the molecule is CC(=O)Nc1ccc(NC(=O)c2sc3nc(-c4ccccn4)ccc3c2N)cc1. The maximum Gasteiger partial charge on any atom is 0.267 e. The van der Waals surface area contributed by atoms with E-state index in [0.717, 1.165) is 16.8 Å². The van der Waals surface area contributed by atoms with E-state index < -0.39 is 0 Å². The van der Waals surface area contributed by atoms with Gasteiger partial charge in [0.2, 0.25) is 5.91 Å². The standard InChI is InChI=1S/C21H17N5O2S/c1-12(27)24-13-5-7-14(8-6-13)25-20(28)19-18(22)15-9-10-17(26-21(15)29-19)16-4-2-3-11-23-16/h2-11H,22H2,1H3,(H,24,27)(H,25,28). The van der Waals surface area contributed by atoms with Gasteiger partial charge in [-0.1, -0.05) is 6.07 Å². The number of nitrogens with two attached hydrogens (primary N) is 1. The van der Waals surface area contributed by atoms with E-state index in [4.69, 9.17) is 5.73 Å². The monoisotopic (exact) mass is 403 g/mol. The van der Waals surface area contributed by atoms with Crippen molar-refractivity contribution in [1.82, 2.24) is 9.97 Å². The Balaban J connectivity index is 1.59. The van der Waals surface area contributed by atoms with Crippen LogP contribution in [-0.2, 0) is 4.79 Å². The van der Waals surface area contributed by atoms with Crippen molar-refractivity contribution in [2.45, 2.75) is 6.92 Å². The number of carbonyl (C=O) groups excluding carboxylic acids is 2. The minimum absolute atomic E-state index is 0.155. The highest BCUT2D eigenvalue weighted by Crippen LogP contribution is 2.34. The number of nitrogens with zero attached hydrogens (tertiary/aromatic N) is 2. The minimum atomic E-state index is -0.308. The van der Waals surface area contributed by atoms with Crippen molar-refractivity contribution in [2.24, 2.45) is 0 Å². The molecule has 0 bridgehead atoms. The lowest BCUT2D eigenvalue weighted by molar-refractivity contribution is -0.114. The summed E-state index contributed by atoms with van der Waals surface area (Å²) in [5.41, 5.74) is 9.34. The number of nitrogen functional groups attached to an aromatic ring is 1. The van der Waals surface area contributed by atoms with Gasteiger partial charge in [-0.05, 0) is 48.5 Å². The largest absolute Gasteiger partial charge is 0.397 e. The van der Waals surface area contributed by atoms with Crippen molar-refractivity contribution in [3.05, 3.63) is 65.7 Å². The lowest BCUT2D eigenvalue weighted by Gasteiger charge is -2.06. The molecule has 29 heavy (non-hydrogen) atoms. The van der Waals surface area contributed by atoms with Gasteiger partial charge in [-0.3, -0.25) is 14.6 Å². The van der Waals surface area contributed by atoms with Crippen molar-refractivity contribution in [3.8, 4) is 11.4 Å². The van der Waals surface area contributed by atoms with Crippen LogP contribution in [0.3, 0.4) is 0 Å². The molecule has 1 aromatic carbocycles. The summed E-state index contributed by atoms with van der Waals surface area (Å²) in [5, 5.41) is 6.24. The third-order valence-electron chi connectivity index (χ3n) is 4.19. The summed E-state index contributed by atoms with van der Waals surface area (Å²) in [4.78, 5) is 33.8. The van der Waals surface area contributed by atoms with E-state index in [9.17, 15) is 9.59 Å². The van der Waals surface area contributed by atoms with Crippen LogP contribution >= 0.6 is 11.3 Å². The van der Waals surface area contributed by atoms with E-state index in [2.05, 4.69) is 20.6 Å². The van der Waals surface area contributed by atoms with Gasteiger partial charge in [0, 0.05) is 29.9 Å². The Bertz CT molecular complexity index is 1200. The molecule has 3 heterocycles. The molecule has 4 aromatic rings. The van der Waals surface area contributed by atoms with Gasteiger partial charge in [-0.25, -0.2) is 4.98 Å². The summed E-state index contributed by atoms with van der Waals surface area (Å²) >= 11 is 1.24. The molecule has 0 aliphatic carbocycles. The zero-order chi connectivity index (χ0) is 20.4. The fourth-order valence-electron chi connectivity index (χ4n) is 2.85. The molecule has 0 fully saturated rings. The normalized spacial score (nSPS) is 10.7. The number of pyridine rings is 2. The lowest BCUT2D eigenvalue weighted by Crippen LogP contribution is -2.12. The first-order valence-electron chi connectivity index (χ1n) is 8.80. The van der Waals surface area contributed by atoms with Crippen LogP contribution in [0.1, 0.15) is 16.6 Å². The zero-order valence-electron chi connectivity index (χ0n) is 15.5. The van der Waals surface area contributed by atoms with Gasteiger partial charge in [0.1, 0.15) is 9.71 Å². The van der Waals surface area contributed by atoms with Crippen LogP contribution in [0.4, 0.5) is 17.1 Å². The number of hydrogen-bond donors (Lipinski definition) is 3. The van der Waals surface area contributed by atoms with Crippen LogP contribution < -0.4 is 16.4 Å². The van der Waals surface area contributed by atoms with Crippen LogP contribution in [0.25, 0.3) is 21.6 Å². The number of carbonyl (C=O) groups is 2. The van der Waals surface area contributed by atoms with E-state index in [1.54, 1.807) is 30.5 Å². The van der Waals surface area contributed by atoms with Gasteiger partial charge in [-0.2, -0.15) is 0 Å². The van der Waals surface area contributed by atoms with E-state index in [1.807, 2.05) is 30.3 Å². The van der Waals surface area contributed by atoms with Gasteiger partial charge in [0.15, 0.2) is 0 Å². The van der Waals surface area contributed by atoms with E-state index >= 15 is 0 Å². The minimum Gasteiger partial charge on any atom is -0.397 e. The molecule has 0 radical (unpaired) electrons. The second-order valence-corrected chi connectivity index (χ2v) is 7.32. The van der Waals surface area contributed by atoms with Crippen LogP contribution in [0.5, 0.6) is 0 Å². The Morgan fingerprint density at radius 1 is 0.931 bits per heavy atom. The highest BCUT2D eigenvalue weighted by Gasteiger charge is 2.18. The highest BCUT2D eigenvalue weighted by molar-refractivity contribution is 7.21. The summed E-state index contributed by atoms with van der Waals surface area (Å²) in [7, 11) is 0. The summed E-state index contributed by atoms with van der Waals surface area (Å²) in [6.45, 7) is 1.44. The highest BCUT2D eigenvalue weighted by atomic mass is 32.1. The second-order valence-electron chi connectivity index (χ2n) is 6.32. The smallest absolute Gasteiger partial charge is 0.267 e. The van der Waals surface area contributed by atoms with E-state index in [1.165, 1.54) is 18.3 Å². The summed E-state index contributed by atoms with van der Waals surface area (Å²) in [6.07, 6.45) is 1.71. The van der Waals surface area contributed by atoms with Crippen LogP contribution in [-0.4, -0.2) is 21.8 Å². The number of fused-ring (bicyclic) bond motifs is 1. The molecule has 4 N–H and O–H groups in total. The molecule has 8 heteroatoms. The van der Waals surface area contributed by atoms with E-state index in [-0.39, 0.29) is 11.8 Å². The fraction of sp³-hybridized carbons (Fsp3) is 0.0476. The summed E-state index contributed by atoms with van der Waals surface area (Å²) in [6, 6.07) is 16.2. The van der Waals surface area contributed by atoms with Gasteiger partial charge in [-0.15, -0.1) is 11.3 Å². The number of benzene rings is 1. The number of thiophene rings is 1. The van der Waals surface area contributed by atoms with Gasteiger partial charge < -0.3 is 16.4 Å². The number of hydrogen-bond acceptors (Lipinski definition) is 6. The van der Waals surface area contributed by atoms with Crippen molar-refractivity contribution in [2.75, 3.05) is 16.4 Å². The lowest BCUT2D eigenvalue weighted by atomic mass is 10.2. The van der Waals surface area contributed by atoms with E-state index in [0.29, 0.717) is 26.8 Å². The number of rotatable bonds is 4. The maximum atomic E-state index is 12.7. The Morgan fingerprint density at radius 3 is 2.31 bits per heavy atom. The number of aromatic nitrogens is 2. The molecule has 2 amide bonds. The fourth-order valence-corrected chi connectivity index (χ4v) is 3.84. The van der Waals surface area contributed by atoms with Crippen LogP contribution in [0, 0.1) is 0 Å². The predicted molar refractivity (Wildman–Crippen MR) is 116 cm³/mol. The molecule has 0 saturated carbocycles. The molecule has 0 aliphatic heterocycles. The van der Waals surface area contributed by atoms with Gasteiger partial charge in [0.25, 0.3) is 5.91 Å². The average molecular weight is 403 g/mol. The van der Waals surface area contributed by atoms with Crippen molar-refractivity contribution in [3.63, 3.8) is 0 Å². The third kappa shape index (κ3) is 3.92. The Hall–Kier alpha value is -3.78. The number of nitrogens with one attached hydrogen (secondary N) is 2. The van der Waals surface area contributed by atoms with Crippen LogP contribution in [0.15, 0.2) is 60.8 Å². The zero-order valence-corrected chi connectivity index (χ0v) is 16.3. The summed E-state index contributed by atoms with van der Waals surface area (Å²) in [5.74, 6) is -0.463. The molecule has 0 spiro atoms. The number of anilines is 3.